The third kappa shape index (κ3) is 3.97. The maximum atomic E-state index is 12.3. The average molecular weight is 372 g/mol. The number of rotatable bonds is 6. The Labute approximate surface area is 152 Å². The van der Waals surface area contributed by atoms with E-state index < -0.39 is 10.0 Å². The van der Waals surface area contributed by atoms with Gasteiger partial charge in [0.05, 0.1) is 4.90 Å². The highest BCUT2D eigenvalue weighted by Gasteiger charge is 2.19. The SMILES string of the molecule is CC(C)NS(=O)(=O)c1cccc(-c2nc(C(C)c3cccnc3)no2)c1. The number of hydrogen-bond acceptors (Lipinski definition) is 6. The van der Waals surface area contributed by atoms with Gasteiger partial charge in [-0.25, -0.2) is 13.1 Å². The van der Waals surface area contributed by atoms with Gasteiger partial charge in [0.15, 0.2) is 5.82 Å². The van der Waals surface area contributed by atoms with Crippen LogP contribution in [0.15, 0.2) is 58.2 Å². The van der Waals surface area contributed by atoms with Gasteiger partial charge in [-0.1, -0.05) is 24.2 Å². The molecule has 26 heavy (non-hydrogen) atoms. The predicted molar refractivity (Wildman–Crippen MR) is 96.9 cm³/mol. The Balaban J connectivity index is 1.89. The molecule has 2 heterocycles. The van der Waals surface area contributed by atoms with Crippen LogP contribution in [0, 0.1) is 0 Å². The maximum Gasteiger partial charge on any atom is 0.257 e. The van der Waals surface area contributed by atoms with Crippen molar-refractivity contribution in [1.29, 1.82) is 0 Å². The summed E-state index contributed by atoms with van der Waals surface area (Å²) in [6, 6.07) is 10.0. The van der Waals surface area contributed by atoms with E-state index >= 15 is 0 Å². The normalized spacial score (nSPS) is 13.1. The van der Waals surface area contributed by atoms with Crippen molar-refractivity contribution in [3.05, 3.63) is 60.2 Å². The zero-order valence-electron chi connectivity index (χ0n) is 14.7. The van der Waals surface area contributed by atoms with Crippen LogP contribution < -0.4 is 4.72 Å². The van der Waals surface area contributed by atoms with Crippen molar-refractivity contribution >= 4 is 10.0 Å². The van der Waals surface area contributed by atoms with Gasteiger partial charge in [0.1, 0.15) is 0 Å². The largest absolute Gasteiger partial charge is 0.334 e. The standard InChI is InChI=1S/C18H20N4O3S/c1-12(2)22-26(23,24)16-8-4-6-14(10-16)18-20-17(21-25-18)13(3)15-7-5-9-19-11-15/h4-13,22H,1-3H3. The first-order valence-electron chi connectivity index (χ1n) is 8.23. The van der Waals surface area contributed by atoms with Crippen LogP contribution in [0.2, 0.25) is 0 Å². The van der Waals surface area contributed by atoms with E-state index in [2.05, 4.69) is 19.8 Å². The van der Waals surface area contributed by atoms with Crippen molar-refractivity contribution in [1.82, 2.24) is 19.8 Å². The van der Waals surface area contributed by atoms with Gasteiger partial charge < -0.3 is 4.52 Å². The lowest BCUT2D eigenvalue weighted by Gasteiger charge is -2.09. The van der Waals surface area contributed by atoms with Gasteiger partial charge in [-0.15, -0.1) is 0 Å². The topological polar surface area (TPSA) is 98.0 Å². The van der Waals surface area contributed by atoms with Gasteiger partial charge in [0.25, 0.3) is 5.89 Å². The van der Waals surface area contributed by atoms with Gasteiger partial charge in [-0.3, -0.25) is 4.98 Å². The highest BCUT2D eigenvalue weighted by molar-refractivity contribution is 7.89. The van der Waals surface area contributed by atoms with E-state index in [1.807, 2.05) is 19.1 Å². The number of pyridine rings is 1. The monoisotopic (exact) mass is 372 g/mol. The molecule has 0 saturated heterocycles. The molecule has 0 fully saturated rings. The first-order chi connectivity index (χ1) is 12.4. The van der Waals surface area contributed by atoms with Gasteiger partial charge in [0, 0.05) is 29.9 Å². The maximum absolute atomic E-state index is 12.3. The molecule has 1 atom stereocenters. The van der Waals surface area contributed by atoms with Crippen molar-refractivity contribution in [3.63, 3.8) is 0 Å². The number of sulfonamides is 1. The molecule has 1 aromatic carbocycles. The van der Waals surface area contributed by atoms with Crippen molar-refractivity contribution in [3.8, 4) is 11.5 Å². The Kier molecular flexibility index (Phi) is 5.15. The fraction of sp³-hybridized carbons (Fsp3) is 0.278. The van der Waals surface area contributed by atoms with Crippen LogP contribution in [0.3, 0.4) is 0 Å². The summed E-state index contributed by atoms with van der Waals surface area (Å²) in [4.78, 5) is 8.67. The predicted octanol–water partition coefficient (Wildman–Crippen LogP) is 2.97. The second-order valence-electron chi connectivity index (χ2n) is 6.27. The second kappa shape index (κ2) is 7.35. The van der Waals surface area contributed by atoms with E-state index in [1.54, 1.807) is 38.4 Å². The number of aromatic nitrogens is 3. The second-order valence-corrected chi connectivity index (χ2v) is 7.98. The summed E-state index contributed by atoms with van der Waals surface area (Å²) in [5.41, 5.74) is 1.52. The van der Waals surface area contributed by atoms with Crippen molar-refractivity contribution in [2.45, 2.75) is 37.6 Å². The molecule has 0 aliphatic rings. The van der Waals surface area contributed by atoms with Gasteiger partial charge in [0.2, 0.25) is 10.0 Å². The van der Waals surface area contributed by atoms with Crippen LogP contribution in [0.4, 0.5) is 0 Å². The summed E-state index contributed by atoms with van der Waals surface area (Å²) in [5.74, 6) is 0.703. The first-order valence-corrected chi connectivity index (χ1v) is 9.71. The molecule has 7 nitrogen and oxygen atoms in total. The Bertz CT molecular complexity index is 984. The lowest BCUT2D eigenvalue weighted by Crippen LogP contribution is -2.30. The molecule has 0 radical (unpaired) electrons. The quantitative estimate of drug-likeness (QED) is 0.714. The Morgan fingerprint density at radius 1 is 1.12 bits per heavy atom. The third-order valence-corrected chi connectivity index (χ3v) is 5.45. The molecule has 0 bridgehead atoms. The third-order valence-electron chi connectivity index (χ3n) is 3.80. The van der Waals surface area contributed by atoms with Crippen molar-refractivity contribution < 1.29 is 12.9 Å². The molecule has 0 saturated carbocycles. The summed E-state index contributed by atoms with van der Waals surface area (Å²) in [7, 11) is -3.59. The average Bonchev–Trinajstić information content (AvgIpc) is 3.11. The molecule has 3 rings (SSSR count). The fourth-order valence-electron chi connectivity index (χ4n) is 2.48. The molecular formula is C18H20N4O3S. The molecule has 136 valence electrons. The summed E-state index contributed by atoms with van der Waals surface area (Å²) in [6.07, 6.45) is 3.46. The molecule has 1 unspecified atom stereocenters. The minimum atomic E-state index is -3.59. The van der Waals surface area contributed by atoms with Crippen molar-refractivity contribution in [2.75, 3.05) is 0 Å². The lowest BCUT2D eigenvalue weighted by atomic mass is 10.0. The minimum absolute atomic E-state index is 0.0873. The van der Waals surface area contributed by atoms with Crippen LogP contribution in [0.1, 0.15) is 38.1 Å². The fourth-order valence-corrected chi connectivity index (χ4v) is 3.78. The minimum Gasteiger partial charge on any atom is -0.334 e. The number of nitrogens with one attached hydrogen (secondary N) is 1. The first kappa shape index (κ1) is 18.2. The zero-order valence-corrected chi connectivity index (χ0v) is 15.6. The van der Waals surface area contributed by atoms with Crippen LogP contribution in [0.5, 0.6) is 0 Å². The Hall–Kier alpha value is -2.58. The Morgan fingerprint density at radius 2 is 1.92 bits per heavy atom. The molecule has 0 aliphatic heterocycles. The molecule has 3 aromatic rings. The molecule has 0 amide bonds. The lowest BCUT2D eigenvalue weighted by molar-refractivity contribution is 0.420. The van der Waals surface area contributed by atoms with Gasteiger partial charge in [-0.05, 0) is 43.7 Å². The number of hydrogen-bond donors (Lipinski definition) is 1. The smallest absolute Gasteiger partial charge is 0.257 e. The van der Waals surface area contributed by atoms with Gasteiger partial charge in [-0.2, -0.15) is 4.98 Å². The summed E-state index contributed by atoms with van der Waals surface area (Å²) < 4.78 is 32.6. The molecule has 8 heteroatoms. The van der Waals surface area contributed by atoms with E-state index in [0.717, 1.165) is 5.56 Å². The number of nitrogens with zero attached hydrogens (tertiary/aromatic N) is 3. The van der Waals surface area contributed by atoms with E-state index in [-0.39, 0.29) is 22.7 Å². The van der Waals surface area contributed by atoms with Crippen LogP contribution in [-0.2, 0) is 10.0 Å². The van der Waals surface area contributed by atoms with Gasteiger partial charge >= 0.3 is 0 Å². The number of benzene rings is 1. The summed E-state index contributed by atoms with van der Waals surface area (Å²) in [6.45, 7) is 5.50. The zero-order chi connectivity index (χ0) is 18.7. The highest BCUT2D eigenvalue weighted by Crippen LogP contribution is 2.25. The molecular weight excluding hydrogens is 352 g/mol. The van der Waals surface area contributed by atoms with Crippen LogP contribution >= 0.6 is 0 Å². The molecule has 1 N–H and O–H groups in total. The van der Waals surface area contributed by atoms with Crippen LogP contribution in [0.25, 0.3) is 11.5 Å². The Morgan fingerprint density at radius 3 is 2.62 bits per heavy atom. The van der Waals surface area contributed by atoms with E-state index in [4.69, 9.17) is 4.52 Å². The molecule has 0 spiro atoms. The highest BCUT2D eigenvalue weighted by atomic mass is 32.2. The summed E-state index contributed by atoms with van der Waals surface area (Å²) >= 11 is 0. The van der Waals surface area contributed by atoms with Crippen LogP contribution in [-0.4, -0.2) is 29.6 Å². The molecule has 2 aromatic heterocycles. The van der Waals surface area contributed by atoms with E-state index in [0.29, 0.717) is 11.4 Å². The molecule has 0 aliphatic carbocycles. The summed E-state index contributed by atoms with van der Waals surface area (Å²) in [5, 5.41) is 4.03. The van der Waals surface area contributed by atoms with E-state index in [1.165, 1.54) is 12.1 Å². The van der Waals surface area contributed by atoms with Crippen molar-refractivity contribution in [2.24, 2.45) is 0 Å². The van der Waals surface area contributed by atoms with E-state index in [9.17, 15) is 8.42 Å².